The van der Waals surface area contributed by atoms with E-state index in [-0.39, 0.29) is 28.8 Å². The smallest absolute Gasteiger partial charge is 0.341 e. The molecular weight excluding hydrogens is 456 g/mol. The summed E-state index contributed by atoms with van der Waals surface area (Å²) in [4.78, 5) is 24.5. The molecule has 2 aromatic rings. The standard InChI is InChI=1S/C26H34O9/c1-14(2)8-9-17-18(31-4)12-19(32-5)24(26(17)35-13-22(28)29)23(15(3)27)16-10-20(33-6)25(30)21(11-16)34-7/h10-12,14,23,30H,8-9,13H2,1-7H3,(H,28,29). The van der Waals surface area contributed by atoms with Gasteiger partial charge in [0.05, 0.1) is 39.9 Å². The Hall–Kier alpha value is -3.62. The van der Waals surface area contributed by atoms with E-state index < -0.39 is 18.5 Å². The Morgan fingerprint density at radius 1 is 0.886 bits per heavy atom. The zero-order valence-electron chi connectivity index (χ0n) is 21.3. The second-order valence-corrected chi connectivity index (χ2v) is 8.44. The highest BCUT2D eigenvalue weighted by Crippen LogP contribution is 2.48. The van der Waals surface area contributed by atoms with Crippen LogP contribution in [0.3, 0.4) is 0 Å². The molecule has 0 amide bonds. The van der Waals surface area contributed by atoms with Crippen LogP contribution in [0.1, 0.15) is 49.8 Å². The van der Waals surface area contributed by atoms with Gasteiger partial charge in [-0.05, 0) is 43.4 Å². The number of ketones is 1. The van der Waals surface area contributed by atoms with E-state index in [2.05, 4.69) is 13.8 Å². The Balaban J connectivity index is 2.93. The van der Waals surface area contributed by atoms with Gasteiger partial charge in [-0.3, -0.25) is 4.79 Å². The van der Waals surface area contributed by atoms with Gasteiger partial charge in [-0.25, -0.2) is 4.79 Å². The molecule has 0 aliphatic heterocycles. The summed E-state index contributed by atoms with van der Waals surface area (Å²) in [6.45, 7) is 4.93. The van der Waals surface area contributed by atoms with Crippen molar-refractivity contribution in [2.24, 2.45) is 5.92 Å². The van der Waals surface area contributed by atoms with Gasteiger partial charge in [0.2, 0.25) is 5.75 Å². The predicted molar refractivity (Wildman–Crippen MR) is 130 cm³/mol. The number of carbonyl (C=O) groups excluding carboxylic acids is 1. The van der Waals surface area contributed by atoms with E-state index in [1.54, 1.807) is 6.07 Å². The number of carboxylic acid groups (broad SMARTS) is 1. The van der Waals surface area contributed by atoms with E-state index >= 15 is 0 Å². The Labute approximate surface area is 205 Å². The van der Waals surface area contributed by atoms with Crippen molar-refractivity contribution in [1.82, 2.24) is 0 Å². The Morgan fingerprint density at radius 3 is 1.86 bits per heavy atom. The van der Waals surface area contributed by atoms with E-state index in [1.165, 1.54) is 47.5 Å². The lowest BCUT2D eigenvalue weighted by atomic mass is 9.84. The highest BCUT2D eigenvalue weighted by atomic mass is 16.5. The van der Waals surface area contributed by atoms with Crippen molar-refractivity contribution >= 4 is 11.8 Å². The predicted octanol–water partition coefficient (Wildman–Crippen LogP) is 4.20. The van der Waals surface area contributed by atoms with Crippen LogP contribution in [0, 0.1) is 5.92 Å². The van der Waals surface area contributed by atoms with Crippen LogP contribution in [-0.4, -0.2) is 57.0 Å². The number of hydrogen-bond donors (Lipinski definition) is 2. The molecule has 2 N–H and O–H groups in total. The van der Waals surface area contributed by atoms with Crippen molar-refractivity contribution < 1.29 is 43.5 Å². The molecule has 0 fully saturated rings. The number of ether oxygens (including phenoxy) is 5. The zero-order valence-corrected chi connectivity index (χ0v) is 21.3. The third-order valence-electron chi connectivity index (χ3n) is 5.63. The van der Waals surface area contributed by atoms with E-state index in [4.69, 9.17) is 23.7 Å². The van der Waals surface area contributed by atoms with Crippen LogP contribution in [0.2, 0.25) is 0 Å². The van der Waals surface area contributed by atoms with Crippen molar-refractivity contribution in [3.05, 3.63) is 34.9 Å². The molecule has 2 rings (SSSR count). The topological polar surface area (TPSA) is 121 Å². The molecule has 0 aliphatic carbocycles. The van der Waals surface area contributed by atoms with Gasteiger partial charge in [0.15, 0.2) is 18.1 Å². The van der Waals surface area contributed by atoms with Gasteiger partial charge in [0, 0.05) is 11.6 Å². The lowest BCUT2D eigenvalue weighted by molar-refractivity contribution is -0.139. The summed E-state index contributed by atoms with van der Waals surface area (Å²) in [7, 11) is 5.73. The number of phenolic OH excluding ortho intramolecular Hbond substituents is 1. The SMILES string of the molecule is COc1cc(C(C(C)=O)c2c(OC)cc(OC)c(CCC(C)C)c2OCC(=O)O)cc(OC)c1O. The fourth-order valence-electron chi connectivity index (χ4n) is 3.95. The molecule has 1 atom stereocenters. The van der Waals surface area contributed by atoms with Crippen LogP contribution in [0.15, 0.2) is 18.2 Å². The van der Waals surface area contributed by atoms with Crippen molar-refractivity contribution in [3.8, 4) is 34.5 Å². The summed E-state index contributed by atoms with van der Waals surface area (Å²) < 4.78 is 27.6. The largest absolute Gasteiger partial charge is 0.502 e. The van der Waals surface area contributed by atoms with E-state index in [9.17, 15) is 19.8 Å². The van der Waals surface area contributed by atoms with E-state index in [1.807, 2.05) is 0 Å². The second kappa shape index (κ2) is 12.2. The minimum absolute atomic E-state index is 0.117. The quantitative estimate of drug-likeness (QED) is 0.425. The number of rotatable bonds is 13. The van der Waals surface area contributed by atoms with Crippen molar-refractivity contribution in [3.63, 3.8) is 0 Å². The average Bonchev–Trinajstić information content (AvgIpc) is 2.81. The third kappa shape index (κ3) is 6.29. The maximum absolute atomic E-state index is 13.1. The molecule has 0 aromatic heterocycles. The monoisotopic (exact) mass is 490 g/mol. The first-order valence-electron chi connectivity index (χ1n) is 11.2. The number of benzene rings is 2. The first kappa shape index (κ1) is 27.6. The molecule has 0 saturated heterocycles. The maximum atomic E-state index is 13.1. The van der Waals surface area contributed by atoms with Gasteiger partial charge in [0.1, 0.15) is 23.0 Å². The molecule has 0 saturated carbocycles. The molecule has 0 bridgehead atoms. The van der Waals surface area contributed by atoms with Crippen molar-refractivity contribution in [1.29, 1.82) is 0 Å². The van der Waals surface area contributed by atoms with Crippen LogP contribution < -0.4 is 23.7 Å². The van der Waals surface area contributed by atoms with E-state index in [0.717, 1.165) is 6.42 Å². The maximum Gasteiger partial charge on any atom is 0.341 e. The highest BCUT2D eigenvalue weighted by Gasteiger charge is 2.32. The summed E-state index contributed by atoms with van der Waals surface area (Å²) in [5, 5.41) is 19.7. The molecule has 0 spiro atoms. The molecule has 35 heavy (non-hydrogen) atoms. The molecule has 0 radical (unpaired) electrons. The fourth-order valence-corrected chi connectivity index (χ4v) is 3.95. The van der Waals surface area contributed by atoms with Crippen LogP contribution in [0.25, 0.3) is 0 Å². The van der Waals surface area contributed by atoms with Gasteiger partial charge in [-0.15, -0.1) is 0 Å². The molecular formula is C26H34O9. The second-order valence-electron chi connectivity index (χ2n) is 8.44. The van der Waals surface area contributed by atoms with Crippen LogP contribution in [0.4, 0.5) is 0 Å². The number of carbonyl (C=O) groups is 2. The van der Waals surface area contributed by atoms with Crippen LogP contribution >= 0.6 is 0 Å². The lowest BCUT2D eigenvalue weighted by Crippen LogP contribution is -2.18. The molecule has 9 heteroatoms. The van der Waals surface area contributed by atoms with Crippen LogP contribution in [0.5, 0.6) is 34.5 Å². The number of phenols is 1. The number of hydrogen-bond acceptors (Lipinski definition) is 8. The zero-order chi connectivity index (χ0) is 26.3. The molecule has 2 aromatic carbocycles. The normalized spacial score (nSPS) is 11.7. The fraction of sp³-hybridized carbons (Fsp3) is 0.462. The number of methoxy groups -OCH3 is 4. The Morgan fingerprint density at radius 2 is 1.43 bits per heavy atom. The summed E-state index contributed by atoms with van der Waals surface area (Å²) in [6.07, 6.45) is 1.30. The third-order valence-corrected chi connectivity index (χ3v) is 5.63. The highest BCUT2D eigenvalue weighted by molar-refractivity contribution is 5.90. The summed E-state index contributed by atoms with van der Waals surface area (Å²) in [5.41, 5.74) is 1.44. The van der Waals surface area contributed by atoms with Crippen LogP contribution in [-0.2, 0) is 16.0 Å². The molecule has 9 nitrogen and oxygen atoms in total. The number of aromatic hydroxyl groups is 1. The summed E-state index contributed by atoms with van der Waals surface area (Å²) >= 11 is 0. The molecule has 0 aliphatic rings. The van der Waals surface area contributed by atoms with Gasteiger partial charge in [-0.2, -0.15) is 0 Å². The number of Topliss-reactive ketones (excluding diaryl/α,β-unsaturated/α-hetero) is 1. The van der Waals surface area contributed by atoms with Crippen molar-refractivity contribution in [2.45, 2.75) is 39.5 Å². The minimum atomic E-state index is -1.17. The van der Waals surface area contributed by atoms with Gasteiger partial charge < -0.3 is 33.9 Å². The van der Waals surface area contributed by atoms with Crippen molar-refractivity contribution in [2.75, 3.05) is 35.0 Å². The first-order chi connectivity index (χ1) is 16.6. The molecule has 192 valence electrons. The summed E-state index contributed by atoms with van der Waals surface area (Å²) in [5.74, 6) is -1.02. The molecule has 1 unspecified atom stereocenters. The van der Waals surface area contributed by atoms with E-state index in [0.29, 0.717) is 40.5 Å². The Kier molecular flexibility index (Phi) is 9.62. The Bertz CT molecular complexity index is 1030. The van der Waals surface area contributed by atoms with Gasteiger partial charge in [-0.1, -0.05) is 13.8 Å². The van der Waals surface area contributed by atoms with Gasteiger partial charge >= 0.3 is 5.97 Å². The first-order valence-corrected chi connectivity index (χ1v) is 11.2. The number of carboxylic acids is 1. The minimum Gasteiger partial charge on any atom is -0.502 e. The average molecular weight is 491 g/mol. The molecule has 0 heterocycles. The number of aliphatic carboxylic acids is 1. The van der Waals surface area contributed by atoms with Gasteiger partial charge in [0.25, 0.3) is 0 Å². The lowest BCUT2D eigenvalue weighted by Gasteiger charge is -2.26. The summed E-state index contributed by atoms with van der Waals surface area (Å²) in [6, 6.07) is 4.73.